The highest BCUT2D eigenvalue weighted by Crippen LogP contribution is 2.25. The summed E-state index contributed by atoms with van der Waals surface area (Å²) in [4.78, 5) is 14.4. The van der Waals surface area contributed by atoms with Gasteiger partial charge < -0.3 is 10.7 Å². The van der Waals surface area contributed by atoms with Gasteiger partial charge in [-0.1, -0.05) is 49.3 Å². The standard InChI is InChI=1S/C17H22ClN5OS/c1-11-6-12(2)9-22(8-11)15(24)10-25-17-21-20-16(23(17)19)13-4-3-5-14(18)7-13/h3-5,7,11-12H,6,8-10,19H2,1-2H3. The Labute approximate surface area is 156 Å². The van der Waals surface area contributed by atoms with E-state index >= 15 is 0 Å². The summed E-state index contributed by atoms with van der Waals surface area (Å²) in [6, 6.07) is 7.28. The van der Waals surface area contributed by atoms with Crippen molar-refractivity contribution in [1.82, 2.24) is 19.8 Å². The number of likely N-dealkylation sites (tertiary alicyclic amines) is 1. The number of benzene rings is 1. The third kappa shape index (κ3) is 4.27. The van der Waals surface area contributed by atoms with E-state index in [4.69, 9.17) is 17.4 Å². The molecule has 1 aliphatic rings. The highest BCUT2D eigenvalue weighted by atomic mass is 35.5. The average molecular weight is 380 g/mol. The Morgan fingerprint density at radius 3 is 2.72 bits per heavy atom. The minimum Gasteiger partial charge on any atom is -0.341 e. The number of hydrogen-bond donors (Lipinski definition) is 1. The van der Waals surface area contributed by atoms with Gasteiger partial charge in [-0.3, -0.25) is 4.79 Å². The predicted molar refractivity (Wildman–Crippen MR) is 101 cm³/mol. The van der Waals surface area contributed by atoms with Crippen molar-refractivity contribution in [2.24, 2.45) is 11.8 Å². The fourth-order valence-corrected chi connectivity index (χ4v) is 4.23. The Kier molecular flexibility index (Phi) is 5.54. The molecule has 2 atom stereocenters. The van der Waals surface area contributed by atoms with Crippen molar-refractivity contribution >= 4 is 29.3 Å². The lowest BCUT2D eigenvalue weighted by molar-refractivity contribution is -0.130. The maximum absolute atomic E-state index is 12.5. The van der Waals surface area contributed by atoms with Gasteiger partial charge in [0.1, 0.15) is 0 Å². The highest BCUT2D eigenvalue weighted by Gasteiger charge is 2.25. The zero-order valence-electron chi connectivity index (χ0n) is 14.4. The highest BCUT2D eigenvalue weighted by molar-refractivity contribution is 7.99. The number of halogens is 1. The second-order valence-electron chi connectivity index (χ2n) is 6.72. The third-order valence-electron chi connectivity index (χ3n) is 4.29. The van der Waals surface area contributed by atoms with Crippen LogP contribution in [0.1, 0.15) is 20.3 Å². The topological polar surface area (TPSA) is 77.0 Å². The average Bonchev–Trinajstić information content (AvgIpc) is 2.92. The van der Waals surface area contributed by atoms with E-state index in [1.807, 2.05) is 17.0 Å². The van der Waals surface area contributed by atoms with Gasteiger partial charge in [0, 0.05) is 23.7 Å². The molecule has 1 fully saturated rings. The number of piperidine rings is 1. The van der Waals surface area contributed by atoms with Gasteiger partial charge in [0.05, 0.1) is 5.75 Å². The van der Waals surface area contributed by atoms with Gasteiger partial charge in [0.25, 0.3) is 0 Å². The molecule has 1 saturated heterocycles. The van der Waals surface area contributed by atoms with Crippen molar-refractivity contribution in [2.75, 3.05) is 24.7 Å². The zero-order chi connectivity index (χ0) is 18.0. The Morgan fingerprint density at radius 2 is 2.04 bits per heavy atom. The van der Waals surface area contributed by atoms with Gasteiger partial charge in [0.15, 0.2) is 5.82 Å². The van der Waals surface area contributed by atoms with Crippen LogP contribution >= 0.6 is 23.4 Å². The molecule has 1 amide bonds. The van der Waals surface area contributed by atoms with Crippen LogP contribution in [0.5, 0.6) is 0 Å². The van der Waals surface area contributed by atoms with Gasteiger partial charge in [-0.15, -0.1) is 10.2 Å². The molecular weight excluding hydrogens is 358 g/mol. The minimum absolute atomic E-state index is 0.121. The molecule has 0 saturated carbocycles. The normalized spacial score (nSPS) is 20.7. The first-order valence-corrected chi connectivity index (χ1v) is 9.67. The van der Waals surface area contributed by atoms with Crippen LogP contribution in [0.25, 0.3) is 11.4 Å². The van der Waals surface area contributed by atoms with Crippen molar-refractivity contribution in [1.29, 1.82) is 0 Å². The minimum atomic E-state index is 0.121. The van der Waals surface area contributed by atoms with Gasteiger partial charge in [0.2, 0.25) is 11.1 Å². The number of nitrogen functional groups attached to an aromatic ring is 1. The molecule has 2 N–H and O–H groups in total. The van der Waals surface area contributed by atoms with E-state index in [9.17, 15) is 4.79 Å². The summed E-state index contributed by atoms with van der Waals surface area (Å²) in [5, 5.41) is 9.36. The third-order valence-corrected chi connectivity index (χ3v) is 5.46. The first kappa shape index (κ1) is 18.1. The lowest BCUT2D eigenvalue weighted by Gasteiger charge is -2.34. The van der Waals surface area contributed by atoms with Gasteiger partial charge in [-0.25, -0.2) is 4.68 Å². The summed E-state index contributed by atoms with van der Waals surface area (Å²) < 4.78 is 1.41. The molecule has 134 valence electrons. The Bertz CT molecular complexity index is 755. The van der Waals surface area contributed by atoms with E-state index < -0.39 is 0 Å². The number of thioether (sulfide) groups is 1. The van der Waals surface area contributed by atoms with E-state index in [2.05, 4.69) is 24.0 Å². The van der Waals surface area contributed by atoms with Gasteiger partial charge >= 0.3 is 0 Å². The van der Waals surface area contributed by atoms with E-state index in [0.717, 1.165) is 18.7 Å². The van der Waals surface area contributed by atoms with E-state index in [1.165, 1.54) is 22.9 Å². The summed E-state index contributed by atoms with van der Waals surface area (Å²) >= 11 is 7.32. The predicted octanol–water partition coefficient (Wildman–Crippen LogP) is 2.91. The smallest absolute Gasteiger partial charge is 0.233 e. The molecular formula is C17H22ClN5OS. The number of nitrogens with zero attached hydrogens (tertiary/aromatic N) is 4. The summed E-state index contributed by atoms with van der Waals surface area (Å²) in [5.41, 5.74) is 0.791. The van der Waals surface area contributed by atoms with E-state index in [1.54, 1.807) is 12.1 Å². The fraction of sp³-hybridized carbons (Fsp3) is 0.471. The molecule has 0 bridgehead atoms. The van der Waals surface area contributed by atoms with Crippen LogP contribution in [-0.2, 0) is 4.79 Å². The number of carbonyl (C=O) groups excluding carboxylic acids is 1. The van der Waals surface area contributed by atoms with Crippen LogP contribution in [0.2, 0.25) is 5.02 Å². The lowest BCUT2D eigenvalue weighted by Crippen LogP contribution is -2.43. The second-order valence-corrected chi connectivity index (χ2v) is 8.10. The Morgan fingerprint density at radius 1 is 1.32 bits per heavy atom. The van der Waals surface area contributed by atoms with Crippen LogP contribution in [0.15, 0.2) is 29.4 Å². The molecule has 1 aliphatic heterocycles. The molecule has 1 aromatic heterocycles. The van der Waals surface area contributed by atoms with Gasteiger partial charge in [-0.2, -0.15) is 0 Å². The molecule has 1 aromatic carbocycles. The first-order chi connectivity index (χ1) is 11.9. The molecule has 25 heavy (non-hydrogen) atoms. The van der Waals surface area contributed by atoms with Crippen LogP contribution < -0.4 is 5.84 Å². The molecule has 2 aromatic rings. The maximum Gasteiger partial charge on any atom is 0.233 e. The molecule has 2 heterocycles. The maximum atomic E-state index is 12.5. The van der Waals surface area contributed by atoms with E-state index in [-0.39, 0.29) is 5.91 Å². The first-order valence-electron chi connectivity index (χ1n) is 8.31. The Hall–Kier alpha value is -1.73. The zero-order valence-corrected chi connectivity index (χ0v) is 15.9. The number of carbonyl (C=O) groups is 1. The Balaban J connectivity index is 1.65. The molecule has 3 rings (SSSR count). The number of aromatic nitrogens is 3. The lowest BCUT2D eigenvalue weighted by atomic mass is 9.92. The number of hydrogen-bond acceptors (Lipinski definition) is 5. The second kappa shape index (κ2) is 7.66. The van der Waals surface area contributed by atoms with Crippen LogP contribution in [-0.4, -0.2) is 44.5 Å². The molecule has 0 aliphatic carbocycles. The summed E-state index contributed by atoms with van der Waals surface area (Å²) in [6.07, 6.45) is 1.18. The molecule has 6 nitrogen and oxygen atoms in total. The van der Waals surface area contributed by atoms with Crippen LogP contribution in [0.4, 0.5) is 0 Å². The van der Waals surface area contributed by atoms with Crippen molar-refractivity contribution in [3.63, 3.8) is 0 Å². The molecule has 2 unspecified atom stereocenters. The van der Waals surface area contributed by atoms with Crippen molar-refractivity contribution in [3.05, 3.63) is 29.3 Å². The summed E-state index contributed by atoms with van der Waals surface area (Å²) in [5.74, 6) is 8.15. The largest absolute Gasteiger partial charge is 0.341 e. The SMILES string of the molecule is CC1CC(C)CN(C(=O)CSc2nnc(-c3cccc(Cl)c3)n2N)C1. The monoisotopic (exact) mass is 379 g/mol. The fourth-order valence-electron chi connectivity index (χ4n) is 3.28. The van der Waals surface area contributed by atoms with Gasteiger partial charge in [-0.05, 0) is 30.4 Å². The number of amides is 1. The van der Waals surface area contributed by atoms with Crippen molar-refractivity contribution < 1.29 is 4.79 Å². The number of rotatable bonds is 4. The quantitative estimate of drug-likeness (QED) is 0.652. The van der Waals surface area contributed by atoms with Crippen LogP contribution in [0.3, 0.4) is 0 Å². The van der Waals surface area contributed by atoms with Crippen molar-refractivity contribution in [2.45, 2.75) is 25.4 Å². The summed E-state index contributed by atoms with van der Waals surface area (Å²) in [7, 11) is 0. The molecule has 0 radical (unpaired) electrons. The van der Waals surface area contributed by atoms with E-state index in [0.29, 0.717) is 33.6 Å². The van der Waals surface area contributed by atoms with Crippen molar-refractivity contribution in [3.8, 4) is 11.4 Å². The van der Waals surface area contributed by atoms with Crippen LogP contribution in [0, 0.1) is 11.8 Å². The molecule has 0 spiro atoms. The number of nitrogens with two attached hydrogens (primary N) is 1. The molecule has 8 heteroatoms. The summed E-state index contributed by atoms with van der Waals surface area (Å²) in [6.45, 7) is 6.04.